The summed E-state index contributed by atoms with van der Waals surface area (Å²) >= 11 is 15.6. The van der Waals surface area contributed by atoms with Gasteiger partial charge in [-0.2, -0.15) is 5.10 Å². The van der Waals surface area contributed by atoms with Crippen molar-refractivity contribution < 1.29 is 9.53 Å². The third kappa shape index (κ3) is 3.71. The average molecular weight is 462 g/mol. The van der Waals surface area contributed by atoms with E-state index in [0.29, 0.717) is 20.4 Å². The standard InChI is InChI=1S/C17H19BrCl2N4O2/c1-11-16(20)17(18)21-24(11)15(10-25)23-7-5-22(6-8-23)12-3-4-13(19)14(9-12)26-2/h3-4,9-10,15H,5-8H2,1-2H3. The SMILES string of the molecule is COc1cc(N2CCN(C(C=O)n3nc(Br)c(Cl)c3C)CC2)ccc1Cl. The van der Waals surface area contributed by atoms with Crippen LogP contribution in [0.5, 0.6) is 5.75 Å². The molecular formula is C17H19BrCl2N4O2. The molecule has 1 aliphatic rings. The van der Waals surface area contributed by atoms with Crippen molar-refractivity contribution in [3.63, 3.8) is 0 Å². The van der Waals surface area contributed by atoms with Crippen molar-refractivity contribution >= 4 is 51.1 Å². The molecule has 0 bridgehead atoms. The summed E-state index contributed by atoms with van der Waals surface area (Å²) in [6.07, 6.45) is 0.435. The second-order valence-corrected chi connectivity index (χ2v) is 7.56. The van der Waals surface area contributed by atoms with Gasteiger partial charge in [-0.15, -0.1) is 0 Å². The molecule has 1 unspecified atom stereocenters. The van der Waals surface area contributed by atoms with Crippen LogP contribution in [0.2, 0.25) is 10.0 Å². The van der Waals surface area contributed by atoms with Crippen LogP contribution in [0.1, 0.15) is 11.9 Å². The number of nitrogens with zero attached hydrogens (tertiary/aromatic N) is 4. The number of ether oxygens (including phenoxy) is 1. The van der Waals surface area contributed by atoms with Gasteiger partial charge in [-0.3, -0.25) is 9.69 Å². The molecule has 0 radical (unpaired) electrons. The molecule has 0 spiro atoms. The fourth-order valence-electron chi connectivity index (χ4n) is 3.11. The molecule has 9 heteroatoms. The normalized spacial score (nSPS) is 16.6. The summed E-state index contributed by atoms with van der Waals surface area (Å²) in [5, 5.41) is 5.47. The Morgan fingerprint density at radius 1 is 1.27 bits per heavy atom. The van der Waals surface area contributed by atoms with Gasteiger partial charge in [0.1, 0.15) is 10.4 Å². The van der Waals surface area contributed by atoms with Gasteiger partial charge in [-0.1, -0.05) is 23.2 Å². The first-order chi connectivity index (χ1) is 12.5. The Bertz CT molecular complexity index is 806. The molecule has 0 amide bonds. The molecule has 1 aliphatic heterocycles. The predicted octanol–water partition coefficient (Wildman–Crippen LogP) is 3.79. The number of carbonyl (C=O) groups excluding carboxylic acids is 1. The molecule has 0 N–H and O–H groups in total. The minimum atomic E-state index is -0.472. The van der Waals surface area contributed by atoms with Gasteiger partial charge in [0, 0.05) is 37.9 Å². The van der Waals surface area contributed by atoms with Crippen molar-refractivity contribution in [3.05, 3.63) is 38.5 Å². The molecule has 2 aromatic rings. The number of carbonyl (C=O) groups is 1. The number of hydrogen-bond donors (Lipinski definition) is 0. The van der Waals surface area contributed by atoms with Crippen molar-refractivity contribution in [2.24, 2.45) is 0 Å². The summed E-state index contributed by atoms with van der Waals surface area (Å²) in [7, 11) is 1.60. The minimum Gasteiger partial charge on any atom is -0.495 e. The number of benzene rings is 1. The van der Waals surface area contributed by atoms with E-state index in [-0.39, 0.29) is 0 Å². The highest BCUT2D eigenvalue weighted by Crippen LogP contribution is 2.31. The molecule has 140 valence electrons. The van der Waals surface area contributed by atoms with Gasteiger partial charge >= 0.3 is 0 Å². The van der Waals surface area contributed by atoms with Gasteiger partial charge in [0.15, 0.2) is 12.5 Å². The fraction of sp³-hybridized carbons (Fsp3) is 0.412. The summed E-state index contributed by atoms with van der Waals surface area (Å²) in [5.41, 5.74) is 1.81. The number of piperazine rings is 1. The van der Waals surface area contributed by atoms with Gasteiger partial charge in [-0.25, -0.2) is 4.68 Å². The monoisotopic (exact) mass is 460 g/mol. The van der Waals surface area contributed by atoms with Crippen molar-refractivity contribution in [2.45, 2.75) is 13.1 Å². The quantitative estimate of drug-likeness (QED) is 0.634. The maximum absolute atomic E-state index is 11.7. The van der Waals surface area contributed by atoms with Crippen LogP contribution in [0, 0.1) is 6.92 Å². The van der Waals surface area contributed by atoms with E-state index in [1.54, 1.807) is 11.8 Å². The Balaban J connectivity index is 1.73. The molecule has 2 heterocycles. The minimum absolute atomic E-state index is 0.472. The van der Waals surface area contributed by atoms with Gasteiger partial charge in [0.25, 0.3) is 0 Å². The molecule has 1 saturated heterocycles. The van der Waals surface area contributed by atoms with Crippen LogP contribution in [0.15, 0.2) is 22.8 Å². The maximum atomic E-state index is 11.7. The number of rotatable bonds is 5. The smallest absolute Gasteiger partial charge is 0.160 e. The van der Waals surface area contributed by atoms with Crippen LogP contribution >= 0.6 is 39.1 Å². The van der Waals surface area contributed by atoms with Gasteiger partial charge in [0.2, 0.25) is 0 Å². The van der Waals surface area contributed by atoms with E-state index >= 15 is 0 Å². The summed E-state index contributed by atoms with van der Waals surface area (Å²) in [6.45, 7) is 4.87. The molecular weight excluding hydrogens is 443 g/mol. The maximum Gasteiger partial charge on any atom is 0.160 e. The van der Waals surface area contributed by atoms with E-state index in [2.05, 4.69) is 30.8 Å². The lowest BCUT2D eigenvalue weighted by molar-refractivity contribution is -0.116. The third-order valence-electron chi connectivity index (χ3n) is 4.60. The average Bonchev–Trinajstić information content (AvgIpc) is 2.91. The lowest BCUT2D eigenvalue weighted by Gasteiger charge is -2.38. The Morgan fingerprint density at radius 2 is 1.96 bits per heavy atom. The van der Waals surface area contributed by atoms with E-state index in [4.69, 9.17) is 27.9 Å². The molecule has 0 aliphatic carbocycles. The van der Waals surface area contributed by atoms with Gasteiger partial charge < -0.3 is 9.64 Å². The second kappa shape index (κ2) is 8.17. The number of halogens is 3. The molecule has 0 saturated carbocycles. The lowest BCUT2D eigenvalue weighted by Crippen LogP contribution is -2.49. The summed E-state index contributed by atoms with van der Waals surface area (Å²) < 4.78 is 7.51. The van der Waals surface area contributed by atoms with E-state index in [1.165, 1.54) is 0 Å². The van der Waals surface area contributed by atoms with Gasteiger partial charge in [-0.05, 0) is 35.0 Å². The summed E-state index contributed by atoms with van der Waals surface area (Å²) in [5.74, 6) is 0.657. The molecule has 1 aromatic carbocycles. The summed E-state index contributed by atoms with van der Waals surface area (Å²) in [6, 6.07) is 5.75. The Kier molecular flexibility index (Phi) is 6.12. The van der Waals surface area contributed by atoms with Crippen LogP contribution in [-0.4, -0.2) is 54.3 Å². The van der Waals surface area contributed by atoms with Crippen LogP contribution in [0.25, 0.3) is 0 Å². The van der Waals surface area contributed by atoms with E-state index in [9.17, 15) is 4.79 Å². The Hall–Kier alpha value is -1.28. The molecule has 6 nitrogen and oxygen atoms in total. The highest BCUT2D eigenvalue weighted by atomic mass is 79.9. The first kappa shape index (κ1) is 19.5. The molecule has 3 rings (SSSR count). The van der Waals surface area contributed by atoms with Crippen LogP contribution in [-0.2, 0) is 4.79 Å². The van der Waals surface area contributed by atoms with Crippen molar-refractivity contribution in [2.75, 3.05) is 38.2 Å². The van der Waals surface area contributed by atoms with E-state index < -0.39 is 6.17 Å². The molecule has 1 atom stereocenters. The Morgan fingerprint density at radius 3 is 2.50 bits per heavy atom. The predicted molar refractivity (Wildman–Crippen MR) is 107 cm³/mol. The zero-order valence-electron chi connectivity index (χ0n) is 14.5. The number of aldehydes is 1. The number of hydrogen-bond acceptors (Lipinski definition) is 5. The second-order valence-electron chi connectivity index (χ2n) is 6.03. The van der Waals surface area contributed by atoms with Crippen LogP contribution in [0.4, 0.5) is 5.69 Å². The molecule has 1 fully saturated rings. The van der Waals surface area contributed by atoms with Crippen molar-refractivity contribution in [1.29, 1.82) is 0 Å². The topological polar surface area (TPSA) is 50.6 Å². The largest absolute Gasteiger partial charge is 0.495 e. The first-order valence-electron chi connectivity index (χ1n) is 8.14. The fourth-order valence-corrected chi connectivity index (χ4v) is 3.89. The van der Waals surface area contributed by atoms with Crippen LogP contribution < -0.4 is 9.64 Å². The molecule has 26 heavy (non-hydrogen) atoms. The van der Waals surface area contributed by atoms with Gasteiger partial charge in [0.05, 0.1) is 22.8 Å². The number of anilines is 1. The number of methoxy groups -OCH3 is 1. The number of aromatic nitrogens is 2. The zero-order chi connectivity index (χ0) is 18.8. The van der Waals surface area contributed by atoms with Crippen molar-refractivity contribution in [3.8, 4) is 5.75 Å². The highest BCUT2D eigenvalue weighted by Gasteiger charge is 2.28. The van der Waals surface area contributed by atoms with Crippen molar-refractivity contribution in [1.82, 2.24) is 14.7 Å². The van der Waals surface area contributed by atoms with E-state index in [0.717, 1.165) is 43.8 Å². The summed E-state index contributed by atoms with van der Waals surface area (Å²) in [4.78, 5) is 16.1. The Labute approximate surface area is 170 Å². The molecule has 1 aromatic heterocycles. The third-order valence-corrected chi connectivity index (χ3v) is 6.15. The first-order valence-corrected chi connectivity index (χ1v) is 9.69. The highest BCUT2D eigenvalue weighted by molar-refractivity contribution is 9.10. The lowest BCUT2D eigenvalue weighted by atomic mass is 10.2. The van der Waals surface area contributed by atoms with Crippen LogP contribution in [0.3, 0.4) is 0 Å². The zero-order valence-corrected chi connectivity index (χ0v) is 17.6. The van der Waals surface area contributed by atoms with E-state index in [1.807, 2.05) is 25.1 Å².